The van der Waals surface area contributed by atoms with Gasteiger partial charge in [0.1, 0.15) is 0 Å². The second-order valence-corrected chi connectivity index (χ2v) is 7.60. The van der Waals surface area contributed by atoms with E-state index < -0.39 is 0 Å². The molecule has 1 aromatic carbocycles. The Labute approximate surface area is 153 Å². The van der Waals surface area contributed by atoms with Gasteiger partial charge in [0.05, 0.1) is 0 Å². The third kappa shape index (κ3) is 3.66. The molecule has 2 aliphatic heterocycles. The third-order valence-corrected chi connectivity index (χ3v) is 5.36. The zero-order chi connectivity index (χ0) is 18.0. The monoisotopic (exact) mass is 352 g/mol. The van der Waals surface area contributed by atoms with Crippen molar-refractivity contribution in [3.8, 4) is 11.5 Å². The summed E-state index contributed by atoms with van der Waals surface area (Å²) in [6.07, 6.45) is 6.95. The van der Waals surface area contributed by atoms with Crippen LogP contribution >= 0.6 is 0 Å². The minimum atomic E-state index is 0.0832. The Balaban J connectivity index is 1.42. The molecule has 1 amide bonds. The first-order valence-corrected chi connectivity index (χ1v) is 9.17. The van der Waals surface area contributed by atoms with Crippen LogP contribution < -0.4 is 9.47 Å². The topological polar surface area (TPSA) is 51.7 Å². The molecule has 136 valence electrons. The van der Waals surface area contributed by atoms with Gasteiger partial charge >= 0.3 is 0 Å². The average molecular weight is 352 g/mol. The summed E-state index contributed by atoms with van der Waals surface area (Å²) in [5.41, 5.74) is 2.54. The number of pyridine rings is 1. The molecule has 4 rings (SSSR count). The number of ether oxygens (including phenoxy) is 2. The molecule has 1 aromatic heterocycles. The van der Waals surface area contributed by atoms with Crippen molar-refractivity contribution in [2.45, 2.75) is 32.6 Å². The van der Waals surface area contributed by atoms with E-state index in [9.17, 15) is 4.79 Å². The first-order chi connectivity index (χ1) is 12.6. The highest BCUT2D eigenvalue weighted by Crippen LogP contribution is 2.37. The first-order valence-electron chi connectivity index (χ1n) is 9.17. The van der Waals surface area contributed by atoms with E-state index in [1.807, 2.05) is 23.1 Å². The fourth-order valence-electron chi connectivity index (χ4n) is 3.90. The van der Waals surface area contributed by atoms with Gasteiger partial charge < -0.3 is 14.4 Å². The highest BCUT2D eigenvalue weighted by Gasteiger charge is 2.35. The van der Waals surface area contributed by atoms with Crippen molar-refractivity contribution in [1.82, 2.24) is 9.88 Å². The van der Waals surface area contributed by atoms with Gasteiger partial charge in [0.15, 0.2) is 11.5 Å². The molecule has 0 bridgehead atoms. The van der Waals surface area contributed by atoms with Crippen molar-refractivity contribution in [2.75, 3.05) is 19.9 Å². The maximum absolute atomic E-state index is 12.4. The van der Waals surface area contributed by atoms with Crippen molar-refractivity contribution >= 4 is 5.91 Å². The second-order valence-electron chi connectivity index (χ2n) is 7.60. The average Bonchev–Trinajstić information content (AvgIpc) is 3.11. The number of likely N-dealkylation sites (tertiary alicyclic amines) is 1. The number of carbonyl (C=O) groups excluding carboxylic acids is 1. The van der Waals surface area contributed by atoms with Gasteiger partial charge in [0, 0.05) is 31.9 Å². The molecule has 2 aromatic rings. The number of amides is 1. The molecule has 0 spiro atoms. The molecule has 0 N–H and O–H groups in total. The summed E-state index contributed by atoms with van der Waals surface area (Å²) in [7, 11) is 0. The number of carbonyl (C=O) groups is 1. The summed E-state index contributed by atoms with van der Waals surface area (Å²) in [6, 6.07) is 10.2. The van der Waals surface area contributed by atoms with Crippen LogP contribution in [-0.4, -0.2) is 35.7 Å². The molecular formula is C21H24N2O3. The lowest BCUT2D eigenvalue weighted by Crippen LogP contribution is -2.46. The van der Waals surface area contributed by atoms with E-state index in [1.165, 1.54) is 11.1 Å². The Morgan fingerprint density at radius 1 is 1.12 bits per heavy atom. The minimum Gasteiger partial charge on any atom is -0.454 e. The maximum Gasteiger partial charge on any atom is 0.231 e. The number of hydrogen-bond acceptors (Lipinski definition) is 4. The predicted molar refractivity (Wildman–Crippen MR) is 98.1 cm³/mol. The molecule has 3 heterocycles. The smallest absolute Gasteiger partial charge is 0.231 e. The maximum atomic E-state index is 12.4. The largest absolute Gasteiger partial charge is 0.454 e. The van der Waals surface area contributed by atoms with Crippen molar-refractivity contribution < 1.29 is 14.3 Å². The van der Waals surface area contributed by atoms with Crippen LogP contribution in [0.1, 0.15) is 30.9 Å². The van der Waals surface area contributed by atoms with Gasteiger partial charge in [-0.1, -0.05) is 13.0 Å². The van der Waals surface area contributed by atoms with Crippen molar-refractivity contribution in [2.24, 2.45) is 5.41 Å². The highest BCUT2D eigenvalue weighted by molar-refractivity contribution is 5.77. The Bertz CT molecular complexity index is 793. The summed E-state index contributed by atoms with van der Waals surface area (Å²) in [4.78, 5) is 18.5. The van der Waals surface area contributed by atoms with E-state index in [4.69, 9.17) is 9.47 Å². The molecule has 1 fully saturated rings. The standard InChI is InChI=1S/C21H24N2O3/c1-21(13-17-2-3-18-19(12-17)26-15-25-18)8-4-20(24)23(14-21)11-7-16-5-9-22-10-6-16/h2-3,5-6,9-10,12H,4,7-8,11,13-15H2,1H3. The molecule has 5 nitrogen and oxygen atoms in total. The summed E-state index contributed by atoms with van der Waals surface area (Å²) in [6.45, 7) is 4.14. The lowest BCUT2D eigenvalue weighted by atomic mass is 9.76. The van der Waals surface area contributed by atoms with Crippen LogP contribution in [-0.2, 0) is 17.6 Å². The Hall–Kier alpha value is -2.56. The number of piperidine rings is 1. The number of nitrogens with zero attached hydrogens (tertiary/aromatic N) is 2. The normalized spacial score (nSPS) is 21.9. The molecule has 2 aliphatic rings. The SMILES string of the molecule is CC1(Cc2ccc3c(c2)OCO3)CCC(=O)N(CCc2ccncc2)C1. The third-order valence-electron chi connectivity index (χ3n) is 5.36. The van der Waals surface area contributed by atoms with E-state index in [0.717, 1.165) is 43.9 Å². The van der Waals surface area contributed by atoms with Gasteiger partial charge in [-0.3, -0.25) is 9.78 Å². The first kappa shape index (κ1) is 16.9. The fraction of sp³-hybridized carbons (Fsp3) is 0.429. The van der Waals surface area contributed by atoms with Crippen molar-refractivity contribution in [3.05, 3.63) is 53.9 Å². The summed E-state index contributed by atoms with van der Waals surface area (Å²) < 4.78 is 10.9. The quantitative estimate of drug-likeness (QED) is 0.829. The van der Waals surface area contributed by atoms with E-state index in [0.29, 0.717) is 13.2 Å². The lowest BCUT2D eigenvalue weighted by Gasteiger charge is -2.40. The van der Waals surface area contributed by atoms with Crippen molar-refractivity contribution in [3.63, 3.8) is 0 Å². The summed E-state index contributed by atoms with van der Waals surface area (Å²) in [5.74, 6) is 1.91. The Morgan fingerprint density at radius 2 is 1.92 bits per heavy atom. The highest BCUT2D eigenvalue weighted by atomic mass is 16.7. The van der Waals surface area contributed by atoms with Crippen LogP contribution in [0.25, 0.3) is 0 Å². The Morgan fingerprint density at radius 3 is 2.77 bits per heavy atom. The van der Waals surface area contributed by atoms with Gasteiger partial charge in [-0.25, -0.2) is 0 Å². The van der Waals surface area contributed by atoms with Gasteiger partial charge in [-0.2, -0.15) is 0 Å². The fourth-order valence-corrected chi connectivity index (χ4v) is 3.90. The predicted octanol–water partition coefficient (Wildman–Crippen LogP) is 3.22. The van der Waals surface area contributed by atoms with Crippen molar-refractivity contribution in [1.29, 1.82) is 0 Å². The van der Waals surface area contributed by atoms with Gasteiger partial charge in [0.25, 0.3) is 0 Å². The van der Waals surface area contributed by atoms with E-state index in [-0.39, 0.29) is 11.3 Å². The van der Waals surface area contributed by atoms with Crippen LogP contribution in [0.3, 0.4) is 0 Å². The summed E-state index contributed by atoms with van der Waals surface area (Å²) >= 11 is 0. The summed E-state index contributed by atoms with van der Waals surface area (Å²) in [5, 5.41) is 0. The molecule has 1 unspecified atom stereocenters. The van der Waals surface area contributed by atoms with Gasteiger partial charge in [-0.15, -0.1) is 0 Å². The number of aromatic nitrogens is 1. The molecule has 0 radical (unpaired) electrons. The molecule has 5 heteroatoms. The number of hydrogen-bond donors (Lipinski definition) is 0. The molecule has 1 saturated heterocycles. The van der Waals surface area contributed by atoms with Crippen LogP contribution in [0.15, 0.2) is 42.7 Å². The molecular weight excluding hydrogens is 328 g/mol. The van der Waals surface area contributed by atoms with E-state index in [2.05, 4.69) is 24.0 Å². The number of rotatable bonds is 5. The zero-order valence-corrected chi connectivity index (χ0v) is 15.1. The van der Waals surface area contributed by atoms with Crippen LogP contribution in [0.5, 0.6) is 11.5 Å². The Kier molecular flexibility index (Phi) is 4.53. The molecule has 26 heavy (non-hydrogen) atoms. The van der Waals surface area contributed by atoms with E-state index >= 15 is 0 Å². The van der Waals surface area contributed by atoms with Gasteiger partial charge in [-0.05, 0) is 60.1 Å². The second kappa shape index (κ2) is 6.98. The lowest BCUT2D eigenvalue weighted by molar-refractivity contribution is -0.137. The van der Waals surface area contributed by atoms with Gasteiger partial charge in [0.2, 0.25) is 12.7 Å². The zero-order valence-electron chi connectivity index (χ0n) is 15.1. The minimum absolute atomic E-state index is 0.0832. The van der Waals surface area contributed by atoms with Crippen LogP contribution in [0.2, 0.25) is 0 Å². The van der Waals surface area contributed by atoms with E-state index in [1.54, 1.807) is 12.4 Å². The number of benzene rings is 1. The van der Waals surface area contributed by atoms with Crippen LogP contribution in [0.4, 0.5) is 0 Å². The molecule has 0 saturated carbocycles. The molecule has 0 aliphatic carbocycles. The number of fused-ring (bicyclic) bond motifs is 1. The molecule has 1 atom stereocenters. The van der Waals surface area contributed by atoms with Crippen LogP contribution in [0, 0.1) is 5.41 Å².